The van der Waals surface area contributed by atoms with E-state index in [4.69, 9.17) is 4.74 Å². The molecule has 2 nitrogen and oxygen atoms in total. The molecule has 0 saturated heterocycles. The lowest BCUT2D eigenvalue weighted by atomic mass is 9.76. The summed E-state index contributed by atoms with van der Waals surface area (Å²) in [5.74, 6) is 1.74. The van der Waals surface area contributed by atoms with Gasteiger partial charge in [-0.15, -0.1) is 0 Å². The molecule has 3 atom stereocenters. The van der Waals surface area contributed by atoms with Gasteiger partial charge in [-0.25, -0.2) is 4.39 Å². The number of nitrogens with one attached hydrogen (secondary N) is 1. The topological polar surface area (TPSA) is 21.3 Å². The molecule has 1 N–H and O–H groups in total. The lowest BCUT2D eigenvalue weighted by Gasteiger charge is -2.35. The van der Waals surface area contributed by atoms with E-state index in [-0.39, 0.29) is 11.9 Å². The van der Waals surface area contributed by atoms with Crippen LogP contribution in [0.1, 0.15) is 57.6 Å². The summed E-state index contributed by atoms with van der Waals surface area (Å²) >= 11 is 0. The summed E-state index contributed by atoms with van der Waals surface area (Å²) in [7, 11) is 1.62. The third kappa shape index (κ3) is 3.97. The van der Waals surface area contributed by atoms with Crippen LogP contribution in [-0.2, 0) is 0 Å². The van der Waals surface area contributed by atoms with Crippen LogP contribution in [0.3, 0.4) is 0 Å². The predicted octanol–water partition coefficient (Wildman–Crippen LogP) is 4.70. The summed E-state index contributed by atoms with van der Waals surface area (Å²) in [4.78, 5) is 0. The van der Waals surface area contributed by atoms with Gasteiger partial charge in [0.2, 0.25) is 0 Å². The van der Waals surface area contributed by atoms with Crippen LogP contribution in [0, 0.1) is 17.7 Å². The molecule has 0 bridgehead atoms. The molecule has 1 aliphatic rings. The van der Waals surface area contributed by atoms with Crippen LogP contribution >= 0.6 is 0 Å². The molecule has 1 saturated carbocycles. The van der Waals surface area contributed by atoms with Gasteiger partial charge in [0.05, 0.1) is 7.11 Å². The van der Waals surface area contributed by atoms with E-state index in [2.05, 4.69) is 19.2 Å². The van der Waals surface area contributed by atoms with Gasteiger partial charge >= 0.3 is 0 Å². The van der Waals surface area contributed by atoms with Crippen LogP contribution in [0.4, 0.5) is 4.39 Å². The SMILES string of the molecule is CCCNC(c1c(F)cccc1OC)C1CCCC(C)C1. The number of rotatable bonds is 6. The van der Waals surface area contributed by atoms with Gasteiger partial charge in [0, 0.05) is 11.6 Å². The summed E-state index contributed by atoms with van der Waals surface area (Å²) in [6, 6.07) is 5.19. The Hall–Kier alpha value is -1.09. The van der Waals surface area contributed by atoms with E-state index in [9.17, 15) is 4.39 Å². The maximum Gasteiger partial charge on any atom is 0.131 e. The minimum Gasteiger partial charge on any atom is -0.496 e. The van der Waals surface area contributed by atoms with Gasteiger partial charge in [0.1, 0.15) is 11.6 Å². The molecule has 0 aromatic heterocycles. The molecule has 21 heavy (non-hydrogen) atoms. The first-order valence-corrected chi connectivity index (χ1v) is 8.23. The van der Waals surface area contributed by atoms with Crippen LogP contribution in [0.2, 0.25) is 0 Å². The molecule has 3 unspecified atom stereocenters. The number of benzene rings is 1. The van der Waals surface area contributed by atoms with Crippen LogP contribution in [0.25, 0.3) is 0 Å². The average molecular weight is 293 g/mol. The highest BCUT2D eigenvalue weighted by molar-refractivity contribution is 5.37. The van der Waals surface area contributed by atoms with E-state index in [1.165, 1.54) is 25.7 Å². The van der Waals surface area contributed by atoms with E-state index in [0.29, 0.717) is 17.2 Å². The standard InChI is InChI=1S/C18H28FNO/c1-4-11-20-18(14-8-5-7-13(2)12-14)17-15(19)9-6-10-16(17)21-3/h6,9-10,13-14,18,20H,4-5,7-8,11-12H2,1-3H3. The monoisotopic (exact) mass is 293 g/mol. The molecule has 1 fully saturated rings. The zero-order valence-corrected chi connectivity index (χ0v) is 13.5. The molecule has 3 heteroatoms. The Labute approximate surface area is 128 Å². The highest BCUT2D eigenvalue weighted by Gasteiger charge is 2.31. The first kappa shape index (κ1) is 16.3. The maximum atomic E-state index is 14.4. The fourth-order valence-corrected chi connectivity index (χ4v) is 3.59. The summed E-state index contributed by atoms with van der Waals surface area (Å²) < 4.78 is 19.9. The minimum atomic E-state index is -0.152. The van der Waals surface area contributed by atoms with Crippen LogP contribution < -0.4 is 10.1 Å². The van der Waals surface area contributed by atoms with Crippen LogP contribution in [0.5, 0.6) is 5.75 Å². The molecule has 0 spiro atoms. The van der Waals surface area contributed by atoms with E-state index in [1.807, 2.05) is 6.07 Å². The van der Waals surface area contributed by atoms with Gasteiger partial charge in [0.25, 0.3) is 0 Å². The quantitative estimate of drug-likeness (QED) is 0.820. The highest BCUT2D eigenvalue weighted by atomic mass is 19.1. The second kappa shape index (κ2) is 7.79. The van der Waals surface area contributed by atoms with Gasteiger partial charge in [-0.05, 0) is 49.8 Å². The van der Waals surface area contributed by atoms with Crippen molar-refractivity contribution in [1.82, 2.24) is 5.32 Å². The Morgan fingerprint density at radius 1 is 1.38 bits per heavy atom. The van der Waals surface area contributed by atoms with Crippen molar-refractivity contribution in [1.29, 1.82) is 0 Å². The van der Waals surface area contributed by atoms with Crippen molar-refractivity contribution in [2.75, 3.05) is 13.7 Å². The first-order valence-electron chi connectivity index (χ1n) is 8.23. The smallest absolute Gasteiger partial charge is 0.131 e. The molecular weight excluding hydrogens is 265 g/mol. The van der Waals surface area contributed by atoms with Crippen molar-refractivity contribution >= 4 is 0 Å². The fourth-order valence-electron chi connectivity index (χ4n) is 3.59. The number of ether oxygens (including phenoxy) is 1. The summed E-state index contributed by atoms with van der Waals surface area (Å²) in [5, 5.41) is 3.57. The largest absolute Gasteiger partial charge is 0.496 e. The van der Waals surface area contributed by atoms with Crippen molar-refractivity contribution < 1.29 is 9.13 Å². The van der Waals surface area contributed by atoms with E-state index in [0.717, 1.165) is 18.9 Å². The second-order valence-corrected chi connectivity index (χ2v) is 6.32. The van der Waals surface area contributed by atoms with E-state index >= 15 is 0 Å². The van der Waals surface area contributed by atoms with Crippen molar-refractivity contribution in [3.05, 3.63) is 29.6 Å². The normalized spacial score (nSPS) is 23.8. The molecule has 0 radical (unpaired) electrons. The molecule has 0 aliphatic heterocycles. The summed E-state index contributed by atoms with van der Waals surface area (Å²) in [6.07, 6.45) is 5.93. The predicted molar refractivity (Wildman–Crippen MR) is 85.1 cm³/mol. The van der Waals surface area contributed by atoms with Crippen molar-refractivity contribution in [3.63, 3.8) is 0 Å². The van der Waals surface area contributed by atoms with Gasteiger partial charge in [0.15, 0.2) is 0 Å². The third-order valence-corrected chi connectivity index (χ3v) is 4.61. The highest BCUT2D eigenvalue weighted by Crippen LogP contribution is 2.40. The average Bonchev–Trinajstić information content (AvgIpc) is 2.49. The van der Waals surface area contributed by atoms with Crippen molar-refractivity contribution in [2.45, 2.75) is 52.0 Å². The van der Waals surface area contributed by atoms with Crippen molar-refractivity contribution in [3.8, 4) is 5.75 Å². The second-order valence-electron chi connectivity index (χ2n) is 6.32. The Kier molecular flexibility index (Phi) is 6.04. The number of halogens is 1. The molecule has 1 aromatic carbocycles. The third-order valence-electron chi connectivity index (χ3n) is 4.61. The first-order chi connectivity index (χ1) is 10.2. The molecule has 2 rings (SSSR count). The Balaban J connectivity index is 2.31. The Morgan fingerprint density at radius 3 is 2.86 bits per heavy atom. The Bertz CT molecular complexity index is 449. The lowest BCUT2D eigenvalue weighted by Crippen LogP contribution is -2.32. The van der Waals surface area contributed by atoms with Gasteiger partial charge in [-0.1, -0.05) is 32.8 Å². The van der Waals surface area contributed by atoms with Gasteiger partial charge < -0.3 is 10.1 Å². The summed E-state index contributed by atoms with van der Waals surface area (Å²) in [6.45, 7) is 5.36. The zero-order valence-electron chi connectivity index (χ0n) is 13.5. The molecular formula is C18H28FNO. The minimum absolute atomic E-state index is 0.0591. The number of hydrogen-bond donors (Lipinski definition) is 1. The molecule has 0 amide bonds. The Morgan fingerprint density at radius 2 is 2.19 bits per heavy atom. The van der Waals surface area contributed by atoms with Crippen LogP contribution in [-0.4, -0.2) is 13.7 Å². The molecule has 1 aromatic rings. The van der Waals surface area contributed by atoms with Gasteiger partial charge in [-0.2, -0.15) is 0 Å². The summed E-state index contributed by atoms with van der Waals surface area (Å²) in [5.41, 5.74) is 0.715. The molecule has 1 aliphatic carbocycles. The van der Waals surface area contributed by atoms with Crippen molar-refractivity contribution in [2.24, 2.45) is 11.8 Å². The number of methoxy groups -OCH3 is 1. The van der Waals surface area contributed by atoms with E-state index < -0.39 is 0 Å². The number of hydrogen-bond acceptors (Lipinski definition) is 2. The maximum absolute atomic E-state index is 14.4. The van der Waals surface area contributed by atoms with Crippen LogP contribution in [0.15, 0.2) is 18.2 Å². The molecule has 0 heterocycles. The molecule has 118 valence electrons. The fraction of sp³-hybridized carbons (Fsp3) is 0.667. The van der Waals surface area contributed by atoms with Gasteiger partial charge in [-0.3, -0.25) is 0 Å². The lowest BCUT2D eigenvalue weighted by molar-refractivity contribution is 0.217. The van der Waals surface area contributed by atoms with E-state index in [1.54, 1.807) is 19.2 Å². The zero-order chi connectivity index (χ0) is 15.2.